The molecule has 29 heavy (non-hydrogen) atoms. The van der Waals surface area contributed by atoms with Crippen LogP contribution in [0, 0.1) is 20.8 Å². The molecule has 0 fully saturated rings. The van der Waals surface area contributed by atoms with Gasteiger partial charge in [-0.2, -0.15) is 0 Å². The molecule has 1 aromatic heterocycles. The quantitative estimate of drug-likeness (QED) is 0.652. The average molecular weight is 410 g/mol. The number of rotatable bonds is 6. The second-order valence-corrected chi connectivity index (χ2v) is 8.06. The number of thiazole rings is 1. The summed E-state index contributed by atoms with van der Waals surface area (Å²) < 4.78 is 16.4. The normalized spacial score (nSPS) is 12.1. The van der Waals surface area contributed by atoms with E-state index in [1.807, 2.05) is 57.2 Å². The van der Waals surface area contributed by atoms with Crippen LogP contribution in [0.2, 0.25) is 0 Å². The van der Waals surface area contributed by atoms with E-state index < -0.39 is 0 Å². The summed E-state index contributed by atoms with van der Waals surface area (Å²) in [5, 5.41) is 3.40. The predicted octanol–water partition coefficient (Wildman–Crippen LogP) is 4.41. The van der Waals surface area contributed by atoms with Gasteiger partial charge in [-0.25, -0.2) is 4.98 Å². The van der Waals surface area contributed by atoms with Crippen LogP contribution in [0.4, 0.5) is 5.13 Å². The molecule has 0 radical (unpaired) electrons. The van der Waals surface area contributed by atoms with Gasteiger partial charge in [0.05, 0.1) is 5.69 Å². The second-order valence-electron chi connectivity index (χ2n) is 6.97. The minimum absolute atomic E-state index is 0.0569. The maximum atomic E-state index is 12.2. The molecule has 150 valence electrons. The van der Waals surface area contributed by atoms with Gasteiger partial charge in [-0.15, -0.1) is 11.3 Å². The Labute approximate surface area is 173 Å². The number of nitrogens with zero attached hydrogens (tertiary/aromatic N) is 1. The molecule has 0 spiro atoms. The summed E-state index contributed by atoms with van der Waals surface area (Å²) in [6.07, 6.45) is 0.717. The molecule has 7 heteroatoms. The first-order chi connectivity index (χ1) is 14.0. The number of carbonyl (C=O) groups is 1. The van der Waals surface area contributed by atoms with E-state index >= 15 is 0 Å². The molecule has 0 aliphatic carbocycles. The first-order valence-corrected chi connectivity index (χ1v) is 10.1. The number of carbonyl (C=O) groups excluding carboxylic acids is 1. The molecular formula is C22H22N2O4S. The van der Waals surface area contributed by atoms with Crippen molar-refractivity contribution < 1.29 is 19.0 Å². The van der Waals surface area contributed by atoms with E-state index in [1.54, 1.807) is 0 Å². The molecule has 1 N–H and O–H groups in total. The number of anilines is 1. The van der Waals surface area contributed by atoms with Crippen molar-refractivity contribution in [3.05, 3.63) is 63.7 Å². The Morgan fingerprint density at radius 1 is 1.10 bits per heavy atom. The van der Waals surface area contributed by atoms with Gasteiger partial charge in [0.25, 0.3) is 5.91 Å². The molecule has 0 atom stereocenters. The van der Waals surface area contributed by atoms with Crippen LogP contribution in [-0.4, -0.2) is 24.3 Å². The number of ether oxygens (including phenoxy) is 3. The van der Waals surface area contributed by atoms with Crippen LogP contribution in [0.5, 0.6) is 17.2 Å². The van der Waals surface area contributed by atoms with Crippen molar-refractivity contribution in [3.63, 3.8) is 0 Å². The summed E-state index contributed by atoms with van der Waals surface area (Å²) in [4.78, 5) is 17.8. The van der Waals surface area contributed by atoms with E-state index in [9.17, 15) is 4.79 Å². The number of nitrogens with one attached hydrogen (secondary N) is 1. The minimum atomic E-state index is -0.230. The van der Waals surface area contributed by atoms with Gasteiger partial charge < -0.3 is 14.2 Å². The fraction of sp³-hybridized carbons (Fsp3) is 0.273. The van der Waals surface area contributed by atoms with Crippen LogP contribution >= 0.6 is 11.3 Å². The topological polar surface area (TPSA) is 69.7 Å². The lowest BCUT2D eigenvalue weighted by Gasteiger charge is -2.07. The lowest BCUT2D eigenvalue weighted by Crippen LogP contribution is -2.20. The van der Waals surface area contributed by atoms with Gasteiger partial charge in [0.2, 0.25) is 6.79 Å². The van der Waals surface area contributed by atoms with Crippen LogP contribution < -0.4 is 19.5 Å². The molecule has 0 unspecified atom stereocenters. The SMILES string of the molecule is Cc1ccc(OCC(=O)Nc2nc(C)c(Cc3ccc4c(c3)OCO4)s2)cc1C. The maximum absolute atomic E-state index is 12.2. The first kappa shape index (κ1) is 19.3. The number of benzene rings is 2. The molecule has 1 aliphatic heterocycles. The molecule has 2 heterocycles. The molecule has 4 rings (SSSR count). The number of hydrogen-bond acceptors (Lipinski definition) is 6. The third kappa shape index (κ3) is 4.51. The van der Waals surface area contributed by atoms with Crippen LogP contribution in [0.25, 0.3) is 0 Å². The van der Waals surface area contributed by atoms with Crippen LogP contribution in [0.3, 0.4) is 0 Å². The Hall–Kier alpha value is -3.06. The van der Waals surface area contributed by atoms with Gasteiger partial charge in [-0.1, -0.05) is 12.1 Å². The summed E-state index contributed by atoms with van der Waals surface area (Å²) in [6, 6.07) is 11.7. The zero-order chi connectivity index (χ0) is 20.4. The van der Waals surface area contributed by atoms with Gasteiger partial charge in [0.15, 0.2) is 23.2 Å². The van der Waals surface area contributed by atoms with E-state index in [0.717, 1.165) is 39.6 Å². The van der Waals surface area contributed by atoms with Crippen LogP contribution in [0.1, 0.15) is 27.3 Å². The third-order valence-electron chi connectivity index (χ3n) is 4.79. The van der Waals surface area contributed by atoms with Crippen molar-refractivity contribution in [2.75, 3.05) is 18.7 Å². The molecule has 0 saturated carbocycles. The fourth-order valence-electron chi connectivity index (χ4n) is 2.99. The summed E-state index contributed by atoms with van der Waals surface area (Å²) in [5.41, 5.74) is 4.33. The zero-order valence-corrected chi connectivity index (χ0v) is 17.4. The summed E-state index contributed by atoms with van der Waals surface area (Å²) in [7, 11) is 0. The van der Waals surface area contributed by atoms with Crippen molar-refractivity contribution in [1.29, 1.82) is 0 Å². The number of fused-ring (bicyclic) bond motifs is 1. The van der Waals surface area contributed by atoms with Crippen molar-refractivity contribution in [2.45, 2.75) is 27.2 Å². The maximum Gasteiger partial charge on any atom is 0.264 e. The number of aromatic nitrogens is 1. The Morgan fingerprint density at radius 2 is 1.93 bits per heavy atom. The monoisotopic (exact) mass is 410 g/mol. The van der Waals surface area contributed by atoms with Crippen LogP contribution in [0.15, 0.2) is 36.4 Å². The zero-order valence-electron chi connectivity index (χ0n) is 16.6. The second kappa shape index (κ2) is 8.13. The highest BCUT2D eigenvalue weighted by molar-refractivity contribution is 7.15. The minimum Gasteiger partial charge on any atom is -0.484 e. The molecule has 0 saturated heterocycles. The van der Waals surface area contributed by atoms with Gasteiger partial charge in [-0.05, 0) is 61.7 Å². The summed E-state index contributed by atoms with van der Waals surface area (Å²) in [5.74, 6) is 1.99. The Bertz CT molecular complexity index is 1060. The highest BCUT2D eigenvalue weighted by Gasteiger charge is 2.16. The number of aryl methyl sites for hydroxylation is 3. The molecule has 1 amide bonds. The number of amides is 1. The van der Waals surface area contributed by atoms with E-state index in [0.29, 0.717) is 10.9 Å². The summed E-state index contributed by atoms with van der Waals surface area (Å²) in [6.45, 7) is 6.21. The molecular weight excluding hydrogens is 388 g/mol. The van der Waals surface area contributed by atoms with E-state index in [1.165, 1.54) is 16.9 Å². The Kier molecular flexibility index (Phi) is 5.40. The van der Waals surface area contributed by atoms with Crippen LogP contribution in [-0.2, 0) is 11.2 Å². The highest BCUT2D eigenvalue weighted by Crippen LogP contribution is 2.34. The van der Waals surface area contributed by atoms with Crippen molar-refractivity contribution in [1.82, 2.24) is 4.98 Å². The highest BCUT2D eigenvalue weighted by atomic mass is 32.1. The Balaban J connectivity index is 1.36. The lowest BCUT2D eigenvalue weighted by molar-refractivity contribution is -0.118. The fourth-order valence-corrected chi connectivity index (χ4v) is 4.00. The van der Waals surface area contributed by atoms with Crippen molar-refractivity contribution in [2.24, 2.45) is 0 Å². The summed E-state index contributed by atoms with van der Waals surface area (Å²) >= 11 is 1.47. The van der Waals surface area contributed by atoms with E-state index in [-0.39, 0.29) is 19.3 Å². The standard InChI is InChI=1S/C22H22N2O4S/c1-13-4-6-17(8-14(13)2)26-11-21(25)24-22-23-15(3)20(29-22)10-16-5-7-18-19(9-16)28-12-27-18/h4-9H,10-12H2,1-3H3,(H,23,24,25). The average Bonchev–Trinajstić information content (AvgIpc) is 3.29. The molecule has 3 aromatic rings. The van der Waals surface area contributed by atoms with Gasteiger partial charge >= 0.3 is 0 Å². The number of hydrogen-bond donors (Lipinski definition) is 1. The smallest absolute Gasteiger partial charge is 0.264 e. The van der Waals surface area contributed by atoms with E-state index in [2.05, 4.69) is 10.3 Å². The largest absolute Gasteiger partial charge is 0.484 e. The van der Waals surface area contributed by atoms with Crippen molar-refractivity contribution >= 4 is 22.4 Å². The first-order valence-electron chi connectivity index (χ1n) is 9.32. The molecule has 0 bridgehead atoms. The van der Waals surface area contributed by atoms with E-state index in [4.69, 9.17) is 14.2 Å². The van der Waals surface area contributed by atoms with Gasteiger partial charge in [0, 0.05) is 11.3 Å². The van der Waals surface area contributed by atoms with Crippen molar-refractivity contribution in [3.8, 4) is 17.2 Å². The van der Waals surface area contributed by atoms with Gasteiger partial charge in [0.1, 0.15) is 5.75 Å². The molecule has 2 aromatic carbocycles. The third-order valence-corrected chi connectivity index (χ3v) is 5.86. The lowest BCUT2D eigenvalue weighted by atomic mass is 10.1. The molecule has 6 nitrogen and oxygen atoms in total. The Morgan fingerprint density at radius 3 is 2.76 bits per heavy atom. The predicted molar refractivity (Wildman–Crippen MR) is 112 cm³/mol. The molecule has 1 aliphatic rings. The van der Waals surface area contributed by atoms with Gasteiger partial charge in [-0.3, -0.25) is 10.1 Å².